The van der Waals surface area contributed by atoms with E-state index in [1.54, 1.807) is 6.07 Å². The number of hydrogen-bond donors (Lipinski definition) is 2. The van der Waals surface area contributed by atoms with Crippen LogP contribution in [0.3, 0.4) is 0 Å². The third-order valence-corrected chi connectivity index (χ3v) is 7.82. The smallest absolute Gasteiger partial charge is 0.224 e. The standard InChI is InChI=1S/C26H27FN2O2/c27-18-6-7-21-23(15-28-24(21)10-18)22(17-4-2-1-3-5-17)11-25(30)29-19-8-16-9-20(29)14-26(31,12-16)13-19/h1-7,10,15-16,19-20,22,28,31H,8-9,11-14H2. The van der Waals surface area contributed by atoms with Crippen LogP contribution in [0.25, 0.3) is 10.9 Å². The van der Waals surface area contributed by atoms with Crippen LogP contribution in [0, 0.1) is 11.7 Å². The van der Waals surface area contributed by atoms with E-state index in [0.29, 0.717) is 25.2 Å². The highest BCUT2D eigenvalue weighted by Crippen LogP contribution is 2.51. The lowest BCUT2D eigenvalue weighted by molar-refractivity contribution is -0.174. The van der Waals surface area contributed by atoms with E-state index in [4.69, 9.17) is 0 Å². The highest BCUT2D eigenvalue weighted by molar-refractivity contribution is 5.86. The van der Waals surface area contributed by atoms with Crippen molar-refractivity contribution in [1.82, 2.24) is 9.88 Å². The third kappa shape index (κ3) is 3.18. The molecule has 4 bridgehead atoms. The molecule has 5 heteroatoms. The molecular formula is C26H27FN2O2. The van der Waals surface area contributed by atoms with E-state index in [9.17, 15) is 14.3 Å². The van der Waals surface area contributed by atoms with Crippen LogP contribution in [0.5, 0.6) is 0 Å². The number of aliphatic hydroxyl groups is 1. The number of H-pyrrole nitrogens is 1. The number of nitrogens with one attached hydrogen (secondary N) is 1. The Kier molecular flexibility index (Phi) is 4.26. The molecule has 3 heterocycles. The molecule has 1 aromatic heterocycles. The summed E-state index contributed by atoms with van der Waals surface area (Å²) in [6.45, 7) is 0. The molecular weight excluding hydrogens is 391 g/mol. The molecule has 0 radical (unpaired) electrons. The summed E-state index contributed by atoms with van der Waals surface area (Å²) in [5.41, 5.74) is 2.30. The number of hydrogen-bond acceptors (Lipinski definition) is 2. The van der Waals surface area contributed by atoms with Gasteiger partial charge in [0, 0.05) is 41.5 Å². The van der Waals surface area contributed by atoms with E-state index in [1.165, 1.54) is 12.1 Å². The molecule has 31 heavy (non-hydrogen) atoms. The van der Waals surface area contributed by atoms with Gasteiger partial charge in [0.05, 0.1) is 5.60 Å². The number of carbonyl (C=O) groups is 1. The largest absolute Gasteiger partial charge is 0.390 e. The van der Waals surface area contributed by atoms with E-state index in [0.717, 1.165) is 41.3 Å². The van der Waals surface area contributed by atoms with Crippen molar-refractivity contribution in [3.05, 3.63) is 71.7 Å². The van der Waals surface area contributed by atoms with Crippen LogP contribution in [0.1, 0.15) is 55.6 Å². The van der Waals surface area contributed by atoms with Gasteiger partial charge < -0.3 is 15.0 Å². The van der Waals surface area contributed by atoms with Gasteiger partial charge in [0.2, 0.25) is 5.91 Å². The highest BCUT2D eigenvalue weighted by Gasteiger charge is 2.55. The molecule has 4 nitrogen and oxygen atoms in total. The van der Waals surface area contributed by atoms with Gasteiger partial charge in [-0.2, -0.15) is 0 Å². The first-order chi connectivity index (χ1) is 15.0. The molecule has 4 aliphatic rings. The van der Waals surface area contributed by atoms with Gasteiger partial charge in [0.1, 0.15) is 5.82 Å². The average molecular weight is 419 g/mol. The summed E-state index contributed by atoms with van der Waals surface area (Å²) in [5, 5.41) is 11.8. The Morgan fingerprint density at radius 2 is 1.87 bits per heavy atom. The zero-order valence-electron chi connectivity index (χ0n) is 17.4. The van der Waals surface area contributed by atoms with Crippen LogP contribution >= 0.6 is 0 Å². The van der Waals surface area contributed by atoms with E-state index >= 15 is 0 Å². The van der Waals surface area contributed by atoms with Gasteiger partial charge in [-0.05, 0) is 67.3 Å². The Morgan fingerprint density at radius 3 is 2.58 bits per heavy atom. The number of halogens is 1. The van der Waals surface area contributed by atoms with E-state index in [-0.39, 0.29) is 29.7 Å². The second kappa shape index (κ2) is 6.92. The molecule has 3 aromatic rings. The third-order valence-electron chi connectivity index (χ3n) is 7.82. The van der Waals surface area contributed by atoms with Crippen LogP contribution in [-0.4, -0.2) is 38.6 Å². The fraction of sp³-hybridized carbons (Fsp3) is 0.423. The van der Waals surface area contributed by atoms with Crippen molar-refractivity contribution in [1.29, 1.82) is 0 Å². The van der Waals surface area contributed by atoms with Gasteiger partial charge in [-0.25, -0.2) is 4.39 Å². The maximum atomic E-state index is 13.7. The van der Waals surface area contributed by atoms with Crippen molar-refractivity contribution in [2.75, 3.05) is 0 Å². The van der Waals surface area contributed by atoms with Crippen LogP contribution in [0.15, 0.2) is 54.7 Å². The molecule has 1 amide bonds. The molecule has 4 fully saturated rings. The zero-order valence-corrected chi connectivity index (χ0v) is 17.4. The van der Waals surface area contributed by atoms with Crippen molar-refractivity contribution in [3.63, 3.8) is 0 Å². The second-order valence-electron chi connectivity index (χ2n) is 9.88. The second-order valence-corrected chi connectivity index (χ2v) is 9.88. The number of aromatic amines is 1. The molecule has 2 aromatic carbocycles. The van der Waals surface area contributed by atoms with Gasteiger partial charge in [-0.3, -0.25) is 4.79 Å². The number of rotatable bonds is 4. The average Bonchev–Trinajstić information content (AvgIpc) is 3.14. The molecule has 2 aliphatic carbocycles. The monoisotopic (exact) mass is 418 g/mol. The molecule has 2 aliphatic heterocycles. The van der Waals surface area contributed by atoms with Crippen LogP contribution in [0.4, 0.5) is 4.39 Å². The van der Waals surface area contributed by atoms with E-state index in [1.807, 2.05) is 24.4 Å². The molecule has 3 atom stereocenters. The number of nitrogens with zero attached hydrogens (tertiary/aromatic N) is 1. The molecule has 0 spiro atoms. The van der Waals surface area contributed by atoms with Crippen LogP contribution in [0.2, 0.25) is 0 Å². The summed E-state index contributed by atoms with van der Waals surface area (Å²) >= 11 is 0. The zero-order chi connectivity index (χ0) is 21.2. The summed E-state index contributed by atoms with van der Waals surface area (Å²) in [4.78, 5) is 19.0. The van der Waals surface area contributed by atoms with Crippen molar-refractivity contribution in [2.24, 2.45) is 5.92 Å². The summed E-state index contributed by atoms with van der Waals surface area (Å²) < 4.78 is 13.7. The Morgan fingerprint density at radius 1 is 1.13 bits per heavy atom. The number of aromatic nitrogens is 1. The number of piperidine rings is 2. The maximum Gasteiger partial charge on any atom is 0.224 e. The molecule has 3 unspecified atom stereocenters. The predicted molar refractivity (Wildman–Crippen MR) is 117 cm³/mol. The summed E-state index contributed by atoms with van der Waals surface area (Å²) in [6, 6.07) is 15.2. The fourth-order valence-electron chi connectivity index (χ4n) is 6.77. The topological polar surface area (TPSA) is 56.3 Å². The Labute approximate surface area is 181 Å². The van der Waals surface area contributed by atoms with Crippen molar-refractivity contribution >= 4 is 16.8 Å². The minimum absolute atomic E-state index is 0.104. The van der Waals surface area contributed by atoms with Gasteiger partial charge in [-0.1, -0.05) is 30.3 Å². The van der Waals surface area contributed by atoms with Crippen molar-refractivity contribution in [2.45, 2.75) is 62.1 Å². The van der Waals surface area contributed by atoms with E-state index in [2.05, 4.69) is 22.0 Å². The minimum atomic E-state index is -0.562. The number of amides is 1. The number of carbonyl (C=O) groups excluding carboxylic acids is 1. The molecule has 160 valence electrons. The summed E-state index contributed by atoms with van der Waals surface area (Å²) in [5.74, 6) is 0.349. The SMILES string of the molecule is O=C(CC(c1ccccc1)c1c[nH]c2cc(F)ccc12)N1C2CC3CC1CC(O)(C3)C2. The molecule has 2 saturated carbocycles. The predicted octanol–water partition coefficient (Wildman–Crippen LogP) is 4.73. The number of benzene rings is 2. The quantitative estimate of drug-likeness (QED) is 0.643. The molecule has 2 saturated heterocycles. The first-order valence-corrected chi connectivity index (χ1v) is 11.3. The lowest BCUT2D eigenvalue weighted by atomic mass is 9.61. The van der Waals surface area contributed by atoms with Gasteiger partial charge in [0.15, 0.2) is 0 Å². The van der Waals surface area contributed by atoms with Gasteiger partial charge in [-0.15, -0.1) is 0 Å². The normalized spacial score (nSPS) is 30.1. The van der Waals surface area contributed by atoms with Crippen LogP contribution in [-0.2, 0) is 4.79 Å². The van der Waals surface area contributed by atoms with Crippen LogP contribution < -0.4 is 0 Å². The minimum Gasteiger partial charge on any atom is -0.390 e. The maximum absolute atomic E-state index is 13.7. The lowest BCUT2D eigenvalue weighted by Crippen LogP contribution is -2.65. The van der Waals surface area contributed by atoms with E-state index < -0.39 is 5.60 Å². The Bertz CT molecular complexity index is 1120. The summed E-state index contributed by atoms with van der Waals surface area (Å²) in [6.07, 6.45) is 6.68. The Balaban J connectivity index is 1.34. The Hall–Kier alpha value is -2.66. The molecule has 2 N–H and O–H groups in total. The summed E-state index contributed by atoms with van der Waals surface area (Å²) in [7, 11) is 0. The van der Waals surface area contributed by atoms with Crippen molar-refractivity contribution in [3.8, 4) is 0 Å². The highest BCUT2D eigenvalue weighted by atomic mass is 19.1. The first kappa shape index (κ1) is 19.1. The molecule has 7 rings (SSSR count). The fourth-order valence-corrected chi connectivity index (χ4v) is 6.77. The van der Waals surface area contributed by atoms with Crippen molar-refractivity contribution < 1.29 is 14.3 Å². The number of fused-ring (bicyclic) bond motifs is 1. The van der Waals surface area contributed by atoms with Gasteiger partial charge >= 0.3 is 0 Å². The lowest BCUT2D eigenvalue weighted by Gasteiger charge is -2.59. The first-order valence-electron chi connectivity index (χ1n) is 11.3. The van der Waals surface area contributed by atoms with Gasteiger partial charge in [0.25, 0.3) is 0 Å².